The van der Waals surface area contributed by atoms with Crippen molar-refractivity contribution in [2.24, 2.45) is 0 Å². The molecule has 1 fully saturated rings. The number of benzene rings is 1. The third-order valence-corrected chi connectivity index (χ3v) is 4.16. The lowest BCUT2D eigenvalue weighted by molar-refractivity contribution is -0.138. The quantitative estimate of drug-likeness (QED) is 0.904. The third kappa shape index (κ3) is 4.29. The number of hydrogen-bond donors (Lipinski definition) is 1. The zero-order chi connectivity index (χ0) is 15.2. The highest BCUT2D eigenvalue weighted by atomic mass is 16.5. The number of hydrogen-bond acceptors (Lipinski definition) is 3. The van der Waals surface area contributed by atoms with Crippen LogP contribution in [0.1, 0.15) is 37.4 Å². The van der Waals surface area contributed by atoms with Gasteiger partial charge in [0.15, 0.2) is 0 Å². The minimum absolute atomic E-state index is 0.164. The molecule has 0 saturated carbocycles. The van der Waals surface area contributed by atoms with Crippen LogP contribution < -0.4 is 5.32 Å². The van der Waals surface area contributed by atoms with Crippen LogP contribution in [0.4, 0.5) is 0 Å². The van der Waals surface area contributed by atoms with E-state index in [4.69, 9.17) is 4.74 Å². The maximum Gasteiger partial charge on any atom is 0.236 e. The van der Waals surface area contributed by atoms with Gasteiger partial charge in [0, 0.05) is 19.1 Å². The van der Waals surface area contributed by atoms with Gasteiger partial charge in [-0.15, -0.1) is 0 Å². The number of aryl methyl sites for hydroxylation is 1. The molecule has 1 heterocycles. The standard InChI is InChI=1S/C17H26N2O2/c1-4-15-12-19(9-10-21-15)17(20)11-18-14(3)16-8-6-5-7-13(16)2/h5-8,14-15,18H,4,9-12H2,1-3H3/t14-,15+/m0/s1. The van der Waals surface area contributed by atoms with Crippen molar-refractivity contribution in [3.8, 4) is 0 Å². The first-order valence-corrected chi connectivity index (χ1v) is 7.80. The molecule has 1 saturated heterocycles. The smallest absolute Gasteiger partial charge is 0.236 e. The highest BCUT2D eigenvalue weighted by molar-refractivity contribution is 5.78. The van der Waals surface area contributed by atoms with Gasteiger partial charge in [-0.2, -0.15) is 0 Å². The predicted molar refractivity (Wildman–Crippen MR) is 84.2 cm³/mol. The summed E-state index contributed by atoms with van der Waals surface area (Å²) in [5, 5.41) is 3.34. The summed E-state index contributed by atoms with van der Waals surface area (Å²) in [6.45, 7) is 8.75. The summed E-state index contributed by atoms with van der Waals surface area (Å²) in [5.74, 6) is 0.164. The molecule has 1 aliphatic heterocycles. The van der Waals surface area contributed by atoms with Crippen LogP contribution in [-0.4, -0.2) is 43.2 Å². The summed E-state index contributed by atoms with van der Waals surface area (Å²) in [5.41, 5.74) is 2.50. The lowest BCUT2D eigenvalue weighted by atomic mass is 10.0. The molecule has 0 radical (unpaired) electrons. The Morgan fingerprint density at radius 1 is 1.48 bits per heavy atom. The van der Waals surface area contributed by atoms with Crippen molar-refractivity contribution in [1.29, 1.82) is 0 Å². The van der Waals surface area contributed by atoms with Crippen molar-refractivity contribution >= 4 is 5.91 Å². The fourth-order valence-electron chi connectivity index (χ4n) is 2.73. The van der Waals surface area contributed by atoms with E-state index in [1.165, 1.54) is 11.1 Å². The number of rotatable bonds is 5. The molecular weight excluding hydrogens is 264 g/mol. The van der Waals surface area contributed by atoms with Crippen LogP contribution in [0.2, 0.25) is 0 Å². The molecule has 21 heavy (non-hydrogen) atoms. The van der Waals surface area contributed by atoms with Crippen molar-refractivity contribution in [2.45, 2.75) is 39.3 Å². The molecular formula is C17H26N2O2. The molecule has 0 spiro atoms. The summed E-state index contributed by atoms with van der Waals surface area (Å²) in [4.78, 5) is 14.2. The van der Waals surface area contributed by atoms with Crippen LogP contribution in [0, 0.1) is 6.92 Å². The zero-order valence-electron chi connectivity index (χ0n) is 13.3. The summed E-state index contributed by atoms with van der Waals surface area (Å²) >= 11 is 0. The average molecular weight is 290 g/mol. The van der Waals surface area contributed by atoms with E-state index < -0.39 is 0 Å². The van der Waals surface area contributed by atoms with E-state index in [1.54, 1.807) is 0 Å². The average Bonchev–Trinajstić information content (AvgIpc) is 2.52. The summed E-state index contributed by atoms with van der Waals surface area (Å²) < 4.78 is 5.60. The maximum atomic E-state index is 12.3. The topological polar surface area (TPSA) is 41.6 Å². The first kappa shape index (κ1) is 16.0. The van der Waals surface area contributed by atoms with Crippen LogP contribution in [-0.2, 0) is 9.53 Å². The minimum Gasteiger partial charge on any atom is -0.375 e. The second kappa shape index (κ2) is 7.57. The fourth-order valence-corrected chi connectivity index (χ4v) is 2.73. The van der Waals surface area contributed by atoms with Crippen LogP contribution in [0.5, 0.6) is 0 Å². The highest BCUT2D eigenvalue weighted by Crippen LogP contribution is 2.16. The van der Waals surface area contributed by atoms with Gasteiger partial charge in [0.25, 0.3) is 0 Å². The van der Waals surface area contributed by atoms with Gasteiger partial charge in [-0.3, -0.25) is 4.79 Å². The second-order valence-electron chi connectivity index (χ2n) is 5.70. The summed E-state index contributed by atoms with van der Waals surface area (Å²) in [7, 11) is 0. The number of carbonyl (C=O) groups excluding carboxylic acids is 1. The van der Waals surface area contributed by atoms with E-state index in [9.17, 15) is 4.79 Å². The van der Waals surface area contributed by atoms with E-state index in [2.05, 4.69) is 38.2 Å². The number of carbonyl (C=O) groups is 1. The molecule has 0 unspecified atom stereocenters. The molecule has 1 aliphatic rings. The van der Waals surface area contributed by atoms with Gasteiger partial charge in [-0.1, -0.05) is 31.2 Å². The SMILES string of the molecule is CC[C@@H]1CN(C(=O)CN[C@@H](C)c2ccccc2C)CCO1. The first-order valence-electron chi connectivity index (χ1n) is 7.80. The molecule has 1 N–H and O–H groups in total. The van der Waals surface area contributed by atoms with E-state index in [0.29, 0.717) is 19.7 Å². The van der Waals surface area contributed by atoms with Crippen molar-refractivity contribution in [3.05, 3.63) is 35.4 Å². The lowest BCUT2D eigenvalue weighted by Crippen LogP contribution is -2.48. The minimum atomic E-state index is 0.164. The van der Waals surface area contributed by atoms with Crippen molar-refractivity contribution < 1.29 is 9.53 Å². The molecule has 2 atom stereocenters. The Morgan fingerprint density at radius 3 is 2.95 bits per heavy atom. The Kier molecular flexibility index (Phi) is 5.76. The number of amides is 1. The summed E-state index contributed by atoms with van der Waals surface area (Å²) in [6, 6.07) is 8.46. The molecule has 1 aromatic carbocycles. The van der Waals surface area contributed by atoms with Crippen molar-refractivity contribution in [1.82, 2.24) is 10.2 Å². The Hall–Kier alpha value is -1.39. The molecule has 4 nitrogen and oxygen atoms in total. The number of ether oxygens (including phenoxy) is 1. The van der Waals surface area contributed by atoms with E-state index >= 15 is 0 Å². The Balaban J connectivity index is 1.85. The summed E-state index contributed by atoms with van der Waals surface area (Å²) in [6.07, 6.45) is 1.15. The van der Waals surface area contributed by atoms with Gasteiger partial charge in [-0.25, -0.2) is 0 Å². The predicted octanol–water partition coefficient (Wildman–Crippen LogP) is 2.28. The van der Waals surface area contributed by atoms with Gasteiger partial charge in [0.05, 0.1) is 19.3 Å². The monoisotopic (exact) mass is 290 g/mol. The molecule has 2 rings (SSSR count). The van der Waals surface area contributed by atoms with Crippen molar-refractivity contribution in [3.63, 3.8) is 0 Å². The van der Waals surface area contributed by atoms with Gasteiger partial charge < -0.3 is 15.0 Å². The Labute approximate surface area is 127 Å². The molecule has 0 aromatic heterocycles. The van der Waals surface area contributed by atoms with E-state index in [0.717, 1.165) is 13.0 Å². The molecule has 0 bridgehead atoms. The molecule has 116 valence electrons. The van der Waals surface area contributed by atoms with Crippen LogP contribution >= 0.6 is 0 Å². The maximum absolute atomic E-state index is 12.3. The lowest BCUT2D eigenvalue weighted by Gasteiger charge is -2.33. The molecule has 4 heteroatoms. The van der Waals surface area contributed by atoms with Gasteiger partial charge in [-0.05, 0) is 31.4 Å². The van der Waals surface area contributed by atoms with Crippen LogP contribution in [0.3, 0.4) is 0 Å². The highest BCUT2D eigenvalue weighted by Gasteiger charge is 2.23. The van der Waals surface area contributed by atoms with Crippen LogP contribution in [0.15, 0.2) is 24.3 Å². The molecule has 1 aromatic rings. The van der Waals surface area contributed by atoms with Gasteiger partial charge in [0.1, 0.15) is 0 Å². The molecule has 1 amide bonds. The van der Waals surface area contributed by atoms with Gasteiger partial charge in [0.2, 0.25) is 5.91 Å². The van der Waals surface area contributed by atoms with E-state index in [1.807, 2.05) is 17.0 Å². The number of nitrogens with zero attached hydrogens (tertiary/aromatic N) is 1. The zero-order valence-corrected chi connectivity index (χ0v) is 13.3. The molecule has 0 aliphatic carbocycles. The normalized spacial score (nSPS) is 20.3. The van der Waals surface area contributed by atoms with Crippen LogP contribution in [0.25, 0.3) is 0 Å². The van der Waals surface area contributed by atoms with E-state index in [-0.39, 0.29) is 18.1 Å². The first-order chi connectivity index (χ1) is 10.1. The Morgan fingerprint density at radius 2 is 2.24 bits per heavy atom. The number of morpholine rings is 1. The van der Waals surface area contributed by atoms with Crippen molar-refractivity contribution in [2.75, 3.05) is 26.2 Å². The van der Waals surface area contributed by atoms with Gasteiger partial charge >= 0.3 is 0 Å². The second-order valence-corrected chi connectivity index (χ2v) is 5.70. The largest absolute Gasteiger partial charge is 0.375 e. The Bertz CT molecular complexity index is 476. The fraction of sp³-hybridized carbons (Fsp3) is 0.588. The number of nitrogens with one attached hydrogen (secondary N) is 1. The third-order valence-electron chi connectivity index (χ3n) is 4.16.